The lowest BCUT2D eigenvalue weighted by Gasteiger charge is -2.18. The molecule has 1 aromatic carbocycles. The number of nitrogens with zero attached hydrogens (tertiary/aromatic N) is 1. The van der Waals surface area contributed by atoms with Gasteiger partial charge in [0.2, 0.25) is 0 Å². The summed E-state index contributed by atoms with van der Waals surface area (Å²) in [6.45, 7) is 3.84. The lowest BCUT2D eigenvalue weighted by atomic mass is 9.91. The van der Waals surface area contributed by atoms with Crippen LogP contribution in [0.4, 0.5) is 5.69 Å². The van der Waals surface area contributed by atoms with Crippen molar-refractivity contribution < 1.29 is 4.92 Å². The minimum absolute atomic E-state index is 0.0795. The normalized spacial score (nSPS) is 14.5. The Morgan fingerprint density at radius 2 is 2.19 bits per heavy atom. The minimum Gasteiger partial charge on any atom is -0.327 e. The third-order valence-electron chi connectivity index (χ3n) is 2.79. The molecule has 0 bridgehead atoms. The minimum atomic E-state index is -0.398. The Bertz CT molecular complexity index is 396. The third kappa shape index (κ3) is 2.71. The summed E-state index contributed by atoms with van der Waals surface area (Å²) in [6, 6.07) is 4.47. The maximum absolute atomic E-state index is 10.9. The molecule has 0 aliphatic rings. The number of nitro benzene ring substituents is 1. The van der Waals surface area contributed by atoms with Crippen LogP contribution in [0, 0.1) is 10.1 Å². The van der Waals surface area contributed by atoms with Crippen molar-refractivity contribution in [3.05, 3.63) is 38.9 Å². The van der Waals surface area contributed by atoms with E-state index in [-0.39, 0.29) is 17.6 Å². The van der Waals surface area contributed by atoms with Gasteiger partial charge in [-0.2, -0.15) is 0 Å². The molecule has 2 N–H and O–H groups in total. The van der Waals surface area contributed by atoms with E-state index in [1.54, 1.807) is 6.07 Å². The molecule has 2 unspecified atom stereocenters. The van der Waals surface area contributed by atoms with Crippen molar-refractivity contribution in [2.75, 3.05) is 0 Å². The van der Waals surface area contributed by atoms with Crippen molar-refractivity contribution in [2.45, 2.75) is 32.2 Å². The molecule has 0 aliphatic carbocycles. The van der Waals surface area contributed by atoms with Crippen LogP contribution in [0.15, 0.2) is 18.2 Å². The average molecular weight is 243 g/mol. The molecule has 4 nitrogen and oxygen atoms in total. The summed E-state index contributed by atoms with van der Waals surface area (Å²) < 4.78 is 0. The largest absolute Gasteiger partial charge is 0.327 e. The van der Waals surface area contributed by atoms with Gasteiger partial charge in [-0.3, -0.25) is 10.1 Å². The number of nitro groups is 1. The summed E-state index contributed by atoms with van der Waals surface area (Å²) in [6.07, 6.45) is 0.769. The zero-order chi connectivity index (χ0) is 12.3. The van der Waals surface area contributed by atoms with Gasteiger partial charge in [0.25, 0.3) is 5.69 Å². The van der Waals surface area contributed by atoms with Gasteiger partial charge in [-0.05, 0) is 18.6 Å². The van der Waals surface area contributed by atoms with Gasteiger partial charge in [0.1, 0.15) is 0 Å². The van der Waals surface area contributed by atoms with Gasteiger partial charge in [0, 0.05) is 28.6 Å². The van der Waals surface area contributed by atoms with Crippen LogP contribution in [-0.4, -0.2) is 11.0 Å². The third-order valence-corrected chi connectivity index (χ3v) is 3.03. The predicted octanol–water partition coefficient (Wildman–Crippen LogP) is 3.09. The summed E-state index contributed by atoms with van der Waals surface area (Å²) in [5.41, 5.74) is 6.59. The average Bonchev–Trinajstić information content (AvgIpc) is 2.26. The summed E-state index contributed by atoms with van der Waals surface area (Å²) in [5.74, 6) is -0.0795. The molecular weight excluding hydrogens is 228 g/mol. The maximum atomic E-state index is 10.9. The van der Waals surface area contributed by atoms with Gasteiger partial charge in [-0.15, -0.1) is 0 Å². The summed E-state index contributed by atoms with van der Waals surface area (Å²) in [7, 11) is 0. The second-order valence-corrected chi connectivity index (χ2v) is 4.26. The molecule has 2 atom stereocenters. The van der Waals surface area contributed by atoms with Gasteiger partial charge >= 0.3 is 0 Å². The smallest absolute Gasteiger partial charge is 0.273 e. The van der Waals surface area contributed by atoms with Gasteiger partial charge in [-0.1, -0.05) is 25.4 Å². The second kappa shape index (κ2) is 5.27. The number of nitrogens with two attached hydrogens (primary N) is 1. The Morgan fingerprint density at radius 3 is 2.69 bits per heavy atom. The van der Waals surface area contributed by atoms with Crippen molar-refractivity contribution >= 4 is 17.3 Å². The quantitative estimate of drug-likeness (QED) is 0.652. The number of hydrogen-bond donors (Lipinski definition) is 1. The van der Waals surface area contributed by atoms with E-state index >= 15 is 0 Å². The summed E-state index contributed by atoms with van der Waals surface area (Å²) in [5, 5.41) is 11.4. The van der Waals surface area contributed by atoms with Crippen molar-refractivity contribution in [2.24, 2.45) is 5.73 Å². The molecule has 0 aromatic heterocycles. The van der Waals surface area contributed by atoms with E-state index in [1.807, 2.05) is 13.8 Å². The molecule has 0 aliphatic heterocycles. The first-order chi connectivity index (χ1) is 7.47. The fourth-order valence-electron chi connectivity index (χ4n) is 1.64. The maximum Gasteiger partial charge on any atom is 0.273 e. The topological polar surface area (TPSA) is 69.2 Å². The molecule has 0 amide bonds. The fraction of sp³-hybridized carbons (Fsp3) is 0.455. The molecule has 0 saturated carbocycles. The van der Waals surface area contributed by atoms with Crippen LogP contribution in [0.3, 0.4) is 0 Å². The van der Waals surface area contributed by atoms with E-state index in [9.17, 15) is 10.1 Å². The fourth-order valence-corrected chi connectivity index (χ4v) is 1.82. The Morgan fingerprint density at radius 1 is 1.56 bits per heavy atom. The Hall–Kier alpha value is -1.13. The van der Waals surface area contributed by atoms with Crippen molar-refractivity contribution in [3.8, 4) is 0 Å². The van der Waals surface area contributed by atoms with Crippen LogP contribution in [0.25, 0.3) is 0 Å². The Labute approximate surface area is 99.6 Å². The molecule has 88 valence electrons. The molecule has 0 heterocycles. The first-order valence-electron chi connectivity index (χ1n) is 5.16. The second-order valence-electron chi connectivity index (χ2n) is 3.82. The van der Waals surface area contributed by atoms with Crippen LogP contribution in [0.2, 0.25) is 5.02 Å². The first kappa shape index (κ1) is 12.9. The van der Waals surface area contributed by atoms with E-state index in [4.69, 9.17) is 17.3 Å². The van der Waals surface area contributed by atoms with Gasteiger partial charge in [0.15, 0.2) is 0 Å². The molecule has 0 fully saturated rings. The van der Waals surface area contributed by atoms with Crippen LogP contribution < -0.4 is 5.73 Å². The highest BCUT2D eigenvalue weighted by Crippen LogP contribution is 2.31. The number of hydrogen-bond acceptors (Lipinski definition) is 3. The van der Waals surface area contributed by atoms with Gasteiger partial charge in [-0.25, -0.2) is 0 Å². The van der Waals surface area contributed by atoms with E-state index in [0.717, 1.165) is 6.42 Å². The van der Waals surface area contributed by atoms with Crippen LogP contribution in [-0.2, 0) is 0 Å². The molecule has 1 aromatic rings. The van der Waals surface area contributed by atoms with Crippen LogP contribution in [0.1, 0.15) is 31.7 Å². The standard InChI is InChI=1S/C11H15ClN2O2/c1-3-10(13)7(2)9-6-8(12)4-5-11(9)14(15)16/h4-7,10H,3,13H2,1-2H3. The van der Waals surface area contributed by atoms with Gasteiger partial charge < -0.3 is 5.73 Å². The zero-order valence-electron chi connectivity index (χ0n) is 9.31. The number of rotatable bonds is 4. The van der Waals surface area contributed by atoms with Crippen molar-refractivity contribution in [3.63, 3.8) is 0 Å². The zero-order valence-corrected chi connectivity index (χ0v) is 10.1. The summed E-state index contributed by atoms with van der Waals surface area (Å²) >= 11 is 5.85. The monoisotopic (exact) mass is 242 g/mol. The van der Waals surface area contributed by atoms with Crippen molar-refractivity contribution in [1.29, 1.82) is 0 Å². The summed E-state index contributed by atoms with van der Waals surface area (Å²) in [4.78, 5) is 10.5. The molecule has 0 radical (unpaired) electrons. The Kier molecular flexibility index (Phi) is 4.26. The molecule has 16 heavy (non-hydrogen) atoms. The lowest BCUT2D eigenvalue weighted by molar-refractivity contribution is -0.385. The van der Waals surface area contributed by atoms with Crippen LogP contribution >= 0.6 is 11.6 Å². The number of benzene rings is 1. The predicted molar refractivity (Wildman–Crippen MR) is 64.8 cm³/mol. The van der Waals surface area contributed by atoms with Crippen molar-refractivity contribution in [1.82, 2.24) is 0 Å². The molecule has 0 spiro atoms. The van der Waals surface area contributed by atoms with E-state index < -0.39 is 4.92 Å². The lowest BCUT2D eigenvalue weighted by Crippen LogP contribution is -2.26. The first-order valence-corrected chi connectivity index (χ1v) is 5.54. The molecular formula is C11H15ClN2O2. The molecule has 1 rings (SSSR count). The van der Waals surface area contributed by atoms with E-state index in [1.165, 1.54) is 12.1 Å². The Balaban J connectivity index is 3.19. The highest BCUT2D eigenvalue weighted by molar-refractivity contribution is 6.30. The van der Waals surface area contributed by atoms with E-state index in [0.29, 0.717) is 10.6 Å². The highest BCUT2D eigenvalue weighted by Gasteiger charge is 2.22. The van der Waals surface area contributed by atoms with E-state index in [2.05, 4.69) is 0 Å². The highest BCUT2D eigenvalue weighted by atomic mass is 35.5. The number of halogens is 1. The molecule has 5 heteroatoms. The molecule has 0 saturated heterocycles. The van der Waals surface area contributed by atoms with Crippen LogP contribution in [0.5, 0.6) is 0 Å². The SMILES string of the molecule is CCC(N)C(C)c1cc(Cl)ccc1[N+](=O)[O-]. The van der Waals surface area contributed by atoms with Gasteiger partial charge in [0.05, 0.1) is 4.92 Å².